The second kappa shape index (κ2) is 11.8. The maximum atomic E-state index is 14.9. The molecule has 192 valence electrons. The van der Waals surface area contributed by atoms with Crippen molar-refractivity contribution in [3.05, 3.63) is 42.0 Å². The van der Waals surface area contributed by atoms with Gasteiger partial charge in [-0.3, -0.25) is 4.98 Å². The quantitative estimate of drug-likeness (QED) is 0.142. The molecule has 0 unspecified atom stereocenters. The largest absolute Gasteiger partial charge is 0.464 e. The predicted molar refractivity (Wildman–Crippen MR) is 146 cm³/mol. The van der Waals surface area contributed by atoms with Crippen molar-refractivity contribution in [2.45, 2.75) is 71.4 Å². The maximum Gasteiger partial charge on any atom is 0.189 e. The molecule has 0 aliphatic carbocycles. The topological polar surface area (TPSA) is 58.4 Å². The molecule has 0 N–H and O–H groups in total. The Hall–Kier alpha value is -2.08. The van der Waals surface area contributed by atoms with E-state index in [4.69, 9.17) is 14.2 Å². The molecule has 0 bridgehead atoms. The summed E-state index contributed by atoms with van der Waals surface area (Å²) in [4.78, 5) is 4.59. The zero-order valence-electron chi connectivity index (χ0n) is 22.3. The number of nitrogens with zero attached hydrogens (tertiary/aromatic N) is 3. The standard InChI is InChI=1S/C26H40FN3O3Si2/c1-8-20-13-26(33-19-32-10-12-35(5,6)7)23(27)14-22(20)24-15-25-21(16-28-24)17-29-30(25)18-31-9-11-34(2,3)4/h13-17H,8-12,18-19H2,1-7H3. The number of rotatable bonds is 13. The van der Waals surface area contributed by atoms with Gasteiger partial charge in [-0.15, -0.1) is 0 Å². The first-order valence-corrected chi connectivity index (χ1v) is 19.8. The third kappa shape index (κ3) is 8.23. The average Bonchev–Trinajstić information content (AvgIpc) is 3.18. The lowest BCUT2D eigenvalue weighted by atomic mass is 10.0. The minimum Gasteiger partial charge on any atom is -0.464 e. The van der Waals surface area contributed by atoms with Crippen molar-refractivity contribution in [1.29, 1.82) is 0 Å². The van der Waals surface area contributed by atoms with E-state index in [0.29, 0.717) is 19.0 Å². The Kier molecular flexibility index (Phi) is 9.25. The summed E-state index contributed by atoms with van der Waals surface area (Å²) in [5.41, 5.74) is 3.34. The van der Waals surface area contributed by atoms with Crippen LogP contribution in [0.2, 0.25) is 51.4 Å². The summed E-state index contributed by atoms with van der Waals surface area (Å²) in [6, 6.07) is 7.38. The highest BCUT2D eigenvalue weighted by Crippen LogP contribution is 2.31. The van der Waals surface area contributed by atoms with Crippen LogP contribution >= 0.6 is 0 Å². The Labute approximate surface area is 210 Å². The molecule has 0 atom stereocenters. The SMILES string of the molecule is CCc1cc(OCOCC[Si](C)(C)C)c(F)cc1-c1cc2c(cn1)cnn2COCC[Si](C)(C)C. The minimum absolute atomic E-state index is 0.0466. The van der Waals surface area contributed by atoms with Crippen molar-refractivity contribution < 1.29 is 18.6 Å². The molecule has 2 aromatic heterocycles. The van der Waals surface area contributed by atoms with Crippen LogP contribution in [0.1, 0.15) is 12.5 Å². The number of hydrogen-bond acceptors (Lipinski definition) is 5. The fourth-order valence-electron chi connectivity index (χ4n) is 3.53. The van der Waals surface area contributed by atoms with Gasteiger partial charge < -0.3 is 14.2 Å². The lowest BCUT2D eigenvalue weighted by Crippen LogP contribution is -2.22. The highest BCUT2D eigenvalue weighted by molar-refractivity contribution is 6.76. The van der Waals surface area contributed by atoms with Crippen molar-refractivity contribution in [2.75, 3.05) is 20.0 Å². The fraction of sp³-hybridized carbons (Fsp3) is 0.538. The summed E-state index contributed by atoms with van der Waals surface area (Å²) < 4.78 is 33.9. The Morgan fingerprint density at radius 3 is 2.26 bits per heavy atom. The number of benzene rings is 1. The highest BCUT2D eigenvalue weighted by atomic mass is 28.3. The molecular formula is C26H40FN3O3Si2. The van der Waals surface area contributed by atoms with Gasteiger partial charge in [0.2, 0.25) is 0 Å². The van der Waals surface area contributed by atoms with Gasteiger partial charge in [0, 0.05) is 46.5 Å². The number of pyridine rings is 1. The molecule has 3 aromatic rings. The van der Waals surface area contributed by atoms with E-state index in [1.54, 1.807) is 18.5 Å². The van der Waals surface area contributed by atoms with Crippen molar-refractivity contribution in [2.24, 2.45) is 0 Å². The lowest BCUT2D eigenvalue weighted by molar-refractivity contribution is 0.0197. The van der Waals surface area contributed by atoms with Crippen LogP contribution in [0.3, 0.4) is 0 Å². The number of ether oxygens (including phenoxy) is 3. The minimum atomic E-state index is -1.17. The monoisotopic (exact) mass is 517 g/mol. The fourth-order valence-corrected chi connectivity index (χ4v) is 5.04. The van der Waals surface area contributed by atoms with Crippen LogP contribution in [0.25, 0.3) is 22.2 Å². The Morgan fingerprint density at radius 2 is 1.60 bits per heavy atom. The molecule has 9 heteroatoms. The number of fused-ring (bicyclic) bond motifs is 1. The summed E-state index contributed by atoms with van der Waals surface area (Å²) in [7, 11) is -2.31. The van der Waals surface area contributed by atoms with E-state index in [0.717, 1.165) is 47.1 Å². The van der Waals surface area contributed by atoms with Crippen LogP contribution in [0.5, 0.6) is 5.75 Å². The lowest BCUT2D eigenvalue weighted by Gasteiger charge is -2.16. The first-order valence-electron chi connectivity index (χ1n) is 12.4. The maximum absolute atomic E-state index is 14.9. The number of aromatic nitrogens is 3. The normalized spacial score (nSPS) is 12.5. The molecule has 0 amide bonds. The molecule has 0 spiro atoms. The van der Waals surface area contributed by atoms with Crippen LogP contribution in [0, 0.1) is 5.82 Å². The van der Waals surface area contributed by atoms with Gasteiger partial charge in [-0.05, 0) is 42.3 Å². The van der Waals surface area contributed by atoms with E-state index in [9.17, 15) is 4.39 Å². The van der Waals surface area contributed by atoms with Crippen molar-refractivity contribution in [3.8, 4) is 17.0 Å². The van der Waals surface area contributed by atoms with Crippen molar-refractivity contribution in [1.82, 2.24) is 14.8 Å². The van der Waals surface area contributed by atoms with Crippen LogP contribution in [-0.4, -0.2) is 50.9 Å². The molecular weight excluding hydrogens is 477 g/mol. The van der Waals surface area contributed by atoms with Gasteiger partial charge in [0.25, 0.3) is 0 Å². The molecule has 0 aliphatic rings. The van der Waals surface area contributed by atoms with E-state index >= 15 is 0 Å². The summed E-state index contributed by atoms with van der Waals surface area (Å²) >= 11 is 0. The van der Waals surface area contributed by atoms with Crippen molar-refractivity contribution >= 4 is 27.1 Å². The van der Waals surface area contributed by atoms with Gasteiger partial charge in [0.05, 0.1) is 17.4 Å². The highest BCUT2D eigenvalue weighted by Gasteiger charge is 2.16. The Balaban J connectivity index is 1.74. The van der Waals surface area contributed by atoms with Gasteiger partial charge in [-0.25, -0.2) is 9.07 Å². The molecule has 35 heavy (non-hydrogen) atoms. The molecule has 2 heterocycles. The number of halogens is 1. The van der Waals surface area contributed by atoms with Crippen molar-refractivity contribution in [3.63, 3.8) is 0 Å². The molecule has 0 fully saturated rings. The zero-order valence-corrected chi connectivity index (χ0v) is 24.3. The summed E-state index contributed by atoms with van der Waals surface area (Å²) in [5, 5.41) is 5.39. The van der Waals surface area contributed by atoms with Gasteiger partial charge in [-0.1, -0.05) is 46.2 Å². The number of aryl methyl sites for hydroxylation is 1. The first kappa shape index (κ1) is 27.5. The predicted octanol–water partition coefficient (Wildman–Crippen LogP) is 6.80. The second-order valence-electron chi connectivity index (χ2n) is 11.4. The van der Waals surface area contributed by atoms with E-state index in [-0.39, 0.29) is 12.5 Å². The van der Waals surface area contributed by atoms with Gasteiger partial charge in [0.1, 0.15) is 6.73 Å². The molecule has 0 aliphatic heterocycles. The van der Waals surface area contributed by atoms with Crippen LogP contribution in [-0.2, 0) is 22.6 Å². The van der Waals surface area contributed by atoms with E-state index < -0.39 is 22.0 Å². The van der Waals surface area contributed by atoms with E-state index in [2.05, 4.69) is 49.4 Å². The van der Waals surface area contributed by atoms with Gasteiger partial charge >= 0.3 is 0 Å². The molecule has 6 nitrogen and oxygen atoms in total. The third-order valence-corrected chi connectivity index (χ3v) is 9.25. The smallest absolute Gasteiger partial charge is 0.189 e. The van der Waals surface area contributed by atoms with Crippen LogP contribution in [0.15, 0.2) is 30.6 Å². The van der Waals surface area contributed by atoms with E-state index in [1.165, 1.54) is 6.07 Å². The number of hydrogen-bond donors (Lipinski definition) is 0. The summed E-state index contributed by atoms with van der Waals surface area (Å²) in [5.74, 6) is -0.211. The Morgan fingerprint density at radius 1 is 0.914 bits per heavy atom. The molecule has 0 radical (unpaired) electrons. The van der Waals surface area contributed by atoms with Crippen LogP contribution < -0.4 is 4.74 Å². The first-order chi connectivity index (χ1) is 16.5. The van der Waals surface area contributed by atoms with E-state index in [1.807, 2.05) is 17.7 Å². The van der Waals surface area contributed by atoms with Gasteiger partial charge in [-0.2, -0.15) is 5.10 Å². The van der Waals surface area contributed by atoms with Crippen LogP contribution in [0.4, 0.5) is 4.39 Å². The summed E-state index contributed by atoms with van der Waals surface area (Å²) in [6.07, 6.45) is 4.29. The summed E-state index contributed by atoms with van der Waals surface area (Å²) in [6.45, 7) is 17.7. The molecule has 1 aromatic carbocycles. The second-order valence-corrected chi connectivity index (χ2v) is 22.6. The Bertz CT molecular complexity index is 1120. The molecule has 0 saturated carbocycles. The zero-order chi connectivity index (χ0) is 25.6. The average molecular weight is 518 g/mol. The third-order valence-electron chi connectivity index (χ3n) is 5.84. The van der Waals surface area contributed by atoms with Gasteiger partial charge in [0.15, 0.2) is 18.4 Å². The molecule has 0 saturated heterocycles. The molecule has 3 rings (SSSR count).